The topological polar surface area (TPSA) is 92.4 Å². The highest BCUT2D eigenvalue weighted by Crippen LogP contribution is 2.34. The van der Waals surface area contributed by atoms with Gasteiger partial charge in [0.25, 0.3) is 0 Å². The van der Waals surface area contributed by atoms with Gasteiger partial charge in [-0.25, -0.2) is 4.98 Å². The molecule has 1 aromatic carbocycles. The first-order valence-corrected chi connectivity index (χ1v) is 12.8. The number of nitrogens with zero attached hydrogens (tertiary/aromatic N) is 4. The summed E-state index contributed by atoms with van der Waals surface area (Å²) in [4.78, 5) is 17.3. The van der Waals surface area contributed by atoms with Crippen LogP contribution < -0.4 is 4.74 Å². The van der Waals surface area contributed by atoms with Gasteiger partial charge in [0.15, 0.2) is 0 Å². The largest absolute Gasteiger partial charge is 0.489 e. The van der Waals surface area contributed by atoms with E-state index >= 15 is 0 Å². The predicted molar refractivity (Wildman–Crippen MR) is 145 cm³/mol. The average Bonchev–Trinajstić information content (AvgIpc) is 3.58. The zero-order chi connectivity index (χ0) is 24.6. The molecule has 7 heteroatoms. The van der Waals surface area contributed by atoms with Gasteiger partial charge >= 0.3 is 0 Å². The molecule has 0 atom stereocenters. The summed E-state index contributed by atoms with van der Waals surface area (Å²) in [7, 11) is 0. The highest BCUT2D eigenvalue weighted by Gasteiger charge is 2.17. The minimum absolute atomic E-state index is 0.278. The molecule has 1 aliphatic rings. The molecule has 0 bridgehead atoms. The fourth-order valence-corrected chi connectivity index (χ4v) is 5.30. The van der Waals surface area contributed by atoms with Gasteiger partial charge < -0.3 is 9.72 Å². The maximum absolute atomic E-state index is 6.25. The molecule has 7 rings (SSSR count). The van der Waals surface area contributed by atoms with Gasteiger partial charge in [0, 0.05) is 40.6 Å². The van der Waals surface area contributed by atoms with Gasteiger partial charge in [-0.15, -0.1) is 0 Å². The Hall–Kier alpha value is -4.52. The lowest BCUT2D eigenvalue weighted by Gasteiger charge is -2.22. The molecule has 1 saturated carbocycles. The number of hydrogen-bond acceptors (Lipinski definition) is 5. The van der Waals surface area contributed by atoms with Gasteiger partial charge in [0.05, 0.1) is 29.2 Å². The molecule has 5 heterocycles. The van der Waals surface area contributed by atoms with Crippen molar-refractivity contribution in [1.29, 1.82) is 0 Å². The fourth-order valence-electron chi connectivity index (χ4n) is 5.30. The van der Waals surface area contributed by atoms with E-state index in [9.17, 15) is 0 Å². The van der Waals surface area contributed by atoms with E-state index in [2.05, 4.69) is 55.5 Å². The highest BCUT2D eigenvalue weighted by molar-refractivity contribution is 6.00. The van der Waals surface area contributed by atoms with Crippen LogP contribution in [0.1, 0.15) is 32.1 Å². The minimum Gasteiger partial charge on any atom is -0.489 e. The first-order valence-electron chi connectivity index (χ1n) is 12.8. The summed E-state index contributed by atoms with van der Waals surface area (Å²) >= 11 is 0. The summed E-state index contributed by atoms with van der Waals surface area (Å²) in [6, 6.07) is 18.5. The third-order valence-corrected chi connectivity index (χ3v) is 7.16. The molecule has 7 nitrogen and oxygen atoms in total. The van der Waals surface area contributed by atoms with Gasteiger partial charge in [0.2, 0.25) is 0 Å². The Morgan fingerprint density at radius 1 is 0.811 bits per heavy atom. The molecular weight excluding hydrogens is 460 g/mol. The van der Waals surface area contributed by atoms with Gasteiger partial charge in [0.1, 0.15) is 17.0 Å². The summed E-state index contributed by atoms with van der Waals surface area (Å²) in [5.74, 6) is 0.803. The zero-order valence-corrected chi connectivity index (χ0v) is 20.3. The molecule has 0 amide bonds. The average molecular weight is 487 g/mol. The molecule has 2 N–H and O–H groups in total. The standard InChI is InChI=1S/C30H26N6O/c1-2-7-21(8-3-1)37-22-14-20(17-32-18-22)25-11-12-27-29(34-25)30(36-35-27)28-15-24-23(9-4-10-26(24)33-28)19-6-5-13-31-16-19/h4-6,9-18,21,33H,1-3,7-8H2,(H,35,36). The van der Waals surface area contributed by atoms with Crippen LogP contribution in [-0.2, 0) is 0 Å². The number of aromatic nitrogens is 6. The summed E-state index contributed by atoms with van der Waals surface area (Å²) < 4.78 is 6.25. The molecule has 0 saturated heterocycles. The molecular formula is C30H26N6O. The van der Waals surface area contributed by atoms with Crippen LogP contribution >= 0.6 is 0 Å². The van der Waals surface area contributed by atoms with Crippen LogP contribution in [-0.4, -0.2) is 36.2 Å². The van der Waals surface area contributed by atoms with E-state index in [0.717, 1.165) is 74.3 Å². The number of nitrogens with one attached hydrogen (secondary N) is 2. The van der Waals surface area contributed by atoms with Crippen molar-refractivity contribution in [3.05, 3.63) is 79.4 Å². The molecule has 0 aliphatic heterocycles. The quantitative estimate of drug-likeness (QED) is 0.275. The number of fused-ring (bicyclic) bond motifs is 2. The van der Waals surface area contributed by atoms with Gasteiger partial charge in [-0.05, 0) is 67.6 Å². The molecule has 1 aliphatic carbocycles. The Kier molecular flexibility index (Phi) is 5.39. The van der Waals surface area contributed by atoms with Crippen LogP contribution in [0.15, 0.2) is 79.4 Å². The Bertz CT molecular complexity index is 1700. The third-order valence-electron chi connectivity index (χ3n) is 7.16. The SMILES string of the molecule is c1cncc(-c2cccc3[nH]c(-c4n[nH]c5ccc(-c6cncc(OC7CCCCC7)c6)nc45)cc23)c1. The second-order valence-corrected chi connectivity index (χ2v) is 9.64. The van der Waals surface area contributed by atoms with Crippen molar-refractivity contribution < 1.29 is 4.74 Å². The van der Waals surface area contributed by atoms with Crippen molar-refractivity contribution in [2.45, 2.75) is 38.2 Å². The number of hydrogen-bond donors (Lipinski definition) is 2. The van der Waals surface area contributed by atoms with Crippen LogP contribution in [0.3, 0.4) is 0 Å². The number of benzene rings is 1. The second-order valence-electron chi connectivity index (χ2n) is 9.64. The predicted octanol–water partition coefficient (Wildman–Crippen LogP) is 6.94. The summed E-state index contributed by atoms with van der Waals surface area (Å²) in [6.07, 6.45) is 13.6. The molecule has 6 aromatic rings. The first kappa shape index (κ1) is 21.7. The number of rotatable bonds is 5. The lowest BCUT2D eigenvalue weighted by atomic mass is 9.98. The van der Waals surface area contributed by atoms with E-state index < -0.39 is 0 Å². The van der Waals surface area contributed by atoms with Crippen molar-refractivity contribution in [3.63, 3.8) is 0 Å². The van der Waals surface area contributed by atoms with Crippen LogP contribution in [0.25, 0.3) is 55.7 Å². The van der Waals surface area contributed by atoms with Gasteiger partial charge in [-0.1, -0.05) is 24.6 Å². The fraction of sp³-hybridized carbons (Fsp3) is 0.200. The van der Waals surface area contributed by atoms with E-state index in [4.69, 9.17) is 9.72 Å². The van der Waals surface area contributed by atoms with Crippen molar-refractivity contribution >= 4 is 21.9 Å². The number of aromatic amines is 2. The Labute approximate surface area is 214 Å². The van der Waals surface area contributed by atoms with E-state index in [1.54, 1.807) is 12.4 Å². The monoisotopic (exact) mass is 486 g/mol. The Balaban J connectivity index is 1.26. The van der Waals surface area contributed by atoms with E-state index in [-0.39, 0.29) is 6.10 Å². The van der Waals surface area contributed by atoms with Crippen LogP contribution in [0.5, 0.6) is 5.75 Å². The van der Waals surface area contributed by atoms with Gasteiger partial charge in [-0.2, -0.15) is 5.10 Å². The van der Waals surface area contributed by atoms with E-state index in [1.165, 1.54) is 19.3 Å². The van der Waals surface area contributed by atoms with E-state index in [0.29, 0.717) is 0 Å². The maximum atomic E-state index is 6.25. The molecule has 37 heavy (non-hydrogen) atoms. The molecule has 0 spiro atoms. The van der Waals surface area contributed by atoms with Crippen molar-refractivity contribution in [2.75, 3.05) is 0 Å². The van der Waals surface area contributed by atoms with E-state index in [1.807, 2.05) is 36.7 Å². The lowest BCUT2D eigenvalue weighted by molar-refractivity contribution is 0.154. The van der Waals surface area contributed by atoms with Crippen LogP contribution in [0.2, 0.25) is 0 Å². The number of ether oxygens (including phenoxy) is 1. The molecule has 5 aromatic heterocycles. The summed E-state index contributed by atoms with van der Waals surface area (Å²) in [5.41, 5.74) is 8.40. The summed E-state index contributed by atoms with van der Waals surface area (Å²) in [5, 5.41) is 8.88. The smallest absolute Gasteiger partial charge is 0.138 e. The molecule has 1 fully saturated rings. The summed E-state index contributed by atoms with van der Waals surface area (Å²) in [6.45, 7) is 0. The van der Waals surface area contributed by atoms with Crippen LogP contribution in [0.4, 0.5) is 0 Å². The normalized spacial score (nSPS) is 14.4. The molecule has 182 valence electrons. The number of H-pyrrole nitrogens is 2. The lowest BCUT2D eigenvalue weighted by Crippen LogP contribution is -2.19. The van der Waals surface area contributed by atoms with Crippen molar-refractivity contribution in [1.82, 2.24) is 30.1 Å². The molecule has 0 unspecified atom stereocenters. The third kappa shape index (κ3) is 4.12. The van der Waals surface area contributed by atoms with Crippen LogP contribution in [0, 0.1) is 0 Å². The first-order chi connectivity index (χ1) is 18.3. The Morgan fingerprint density at radius 2 is 1.73 bits per heavy atom. The minimum atomic E-state index is 0.278. The van der Waals surface area contributed by atoms with Crippen molar-refractivity contribution in [3.8, 4) is 39.5 Å². The maximum Gasteiger partial charge on any atom is 0.138 e. The second kappa shape index (κ2) is 9.17. The highest BCUT2D eigenvalue weighted by atomic mass is 16.5. The van der Waals surface area contributed by atoms with Gasteiger partial charge in [-0.3, -0.25) is 15.1 Å². The number of pyridine rings is 3. The Morgan fingerprint density at radius 3 is 2.62 bits per heavy atom. The van der Waals surface area contributed by atoms with Crippen molar-refractivity contribution in [2.24, 2.45) is 0 Å². The zero-order valence-electron chi connectivity index (χ0n) is 20.3. The molecule has 0 radical (unpaired) electrons.